The molecule has 2 aliphatic heterocycles. The van der Waals surface area contributed by atoms with E-state index in [0.717, 1.165) is 0 Å². The van der Waals surface area contributed by atoms with Crippen LogP contribution in [0.1, 0.15) is 20.3 Å². The van der Waals surface area contributed by atoms with Gasteiger partial charge in [-0.1, -0.05) is 0 Å². The van der Waals surface area contributed by atoms with E-state index in [2.05, 4.69) is 0 Å². The molecule has 2 aliphatic rings. The molecule has 0 radical (unpaired) electrons. The van der Waals surface area contributed by atoms with E-state index in [9.17, 15) is 4.79 Å². The summed E-state index contributed by atoms with van der Waals surface area (Å²) in [5, 5.41) is 0. The number of ketones is 1. The molecule has 0 aromatic heterocycles. The van der Waals surface area contributed by atoms with E-state index >= 15 is 0 Å². The Kier molecular flexibility index (Phi) is 1.35. The van der Waals surface area contributed by atoms with Crippen LogP contribution in [-0.2, 0) is 14.3 Å². The largest absolute Gasteiger partial charge is 0.370 e. The van der Waals surface area contributed by atoms with Gasteiger partial charge in [0.25, 0.3) is 0 Å². The number of carbonyl (C=O) groups is 1. The van der Waals surface area contributed by atoms with Crippen LogP contribution in [0.4, 0.5) is 0 Å². The summed E-state index contributed by atoms with van der Waals surface area (Å²) in [5.74, 6) is 0.192. The van der Waals surface area contributed by atoms with Crippen LogP contribution in [0.2, 0.25) is 0 Å². The molecule has 2 rings (SSSR count). The van der Waals surface area contributed by atoms with Crippen LogP contribution < -0.4 is 0 Å². The molecule has 2 fully saturated rings. The molecule has 2 heterocycles. The van der Waals surface area contributed by atoms with Crippen molar-refractivity contribution >= 4 is 5.78 Å². The van der Waals surface area contributed by atoms with Crippen molar-refractivity contribution in [2.75, 3.05) is 6.61 Å². The van der Waals surface area contributed by atoms with Gasteiger partial charge in [0.1, 0.15) is 6.10 Å². The van der Waals surface area contributed by atoms with Crippen molar-refractivity contribution in [1.82, 2.24) is 0 Å². The van der Waals surface area contributed by atoms with Gasteiger partial charge in [-0.25, -0.2) is 0 Å². The van der Waals surface area contributed by atoms with Gasteiger partial charge in [0.05, 0.1) is 18.3 Å². The molecular formula is C8H12O3. The molecule has 0 aromatic carbocycles. The molecule has 2 saturated heterocycles. The molecule has 0 aliphatic carbocycles. The Morgan fingerprint density at radius 3 is 2.91 bits per heavy atom. The molecular weight excluding hydrogens is 144 g/mol. The molecule has 62 valence electrons. The van der Waals surface area contributed by atoms with Crippen molar-refractivity contribution in [1.29, 1.82) is 0 Å². The summed E-state index contributed by atoms with van der Waals surface area (Å²) in [7, 11) is 0. The lowest BCUT2D eigenvalue weighted by molar-refractivity contribution is -0.190. The summed E-state index contributed by atoms with van der Waals surface area (Å²) >= 11 is 0. The maximum absolute atomic E-state index is 11.3. The van der Waals surface area contributed by atoms with E-state index in [-0.39, 0.29) is 18.0 Å². The van der Waals surface area contributed by atoms with E-state index in [4.69, 9.17) is 9.47 Å². The van der Waals surface area contributed by atoms with Gasteiger partial charge in [-0.05, 0) is 13.8 Å². The molecule has 2 bridgehead atoms. The number of hydrogen-bond donors (Lipinski definition) is 0. The van der Waals surface area contributed by atoms with Crippen LogP contribution in [0, 0.1) is 0 Å². The lowest BCUT2D eigenvalue weighted by Crippen LogP contribution is -2.47. The zero-order chi connectivity index (χ0) is 8.06. The quantitative estimate of drug-likeness (QED) is 0.513. The number of carbonyl (C=O) groups excluding carboxylic acids is 1. The Hall–Kier alpha value is -0.410. The maximum Gasteiger partial charge on any atom is 0.167 e. The molecule has 2 atom stereocenters. The molecule has 3 nitrogen and oxygen atoms in total. The fourth-order valence-corrected chi connectivity index (χ4v) is 1.68. The Bertz CT molecular complexity index is 198. The van der Waals surface area contributed by atoms with Gasteiger partial charge in [0.2, 0.25) is 0 Å². The molecule has 11 heavy (non-hydrogen) atoms. The van der Waals surface area contributed by atoms with E-state index < -0.39 is 5.60 Å². The second-order valence-corrected chi connectivity index (χ2v) is 3.72. The smallest absolute Gasteiger partial charge is 0.167 e. The zero-order valence-corrected chi connectivity index (χ0v) is 6.79. The van der Waals surface area contributed by atoms with Crippen LogP contribution in [0.25, 0.3) is 0 Å². The van der Waals surface area contributed by atoms with Crippen molar-refractivity contribution in [3.05, 3.63) is 0 Å². The minimum Gasteiger partial charge on any atom is -0.370 e. The highest BCUT2D eigenvalue weighted by atomic mass is 16.6. The minimum absolute atomic E-state index is 0.0283. The molecule has 0 saturated carbocycles. The van der Waals surface area contributed by atoms with E-state index in [1.54, 1.807) is 0 Å². The number of Topliss-reactive ketones (excluding diaryl/α,β-unsaturated/α-hetero) is 1. The second kappa shape index (κ2) is 2.05. The Morgan fingerprint density at radius 1 is 1.55 bits per heavy atom. The lowest BCUT2D eigenvalue weighted by atomic mass is 9.99. The predicted octanol–water partition coefficient (Wildman–Crippen LogP) is 0.522. The third kappa shape index (κ3) is 0.993. The first-order chi connectivity index (χ1) is 5.09. The Morgan fingerprint density at radius 2 is 2.27 bits per heavy atom. The average Bonchev–Trinajstić information content (AvgIpc) is 2.23. The standard InChI is InChI=1S/C8H12O3/c1-8(2)7-6(9)3-5(11-7)4-10-8/h5,7H,3-4H2,1-2H3. The lowest BCUT2D eigenvalue weighted by Gasteiger charge is -2.34. The zero-order valence-electron chi connectivity index (χ0n) is 6.79. The van der Waals surface area contributed by atoms with Crippen LogP contribution in [-0.4, -0.2) is 30.2 Å². The van der Waals surface area contributed by atoms with Crippen molar-refractivity contribution in [3.8, 4) is 0 Å². The molecule has 2 unspecified atom stereocenters. The first-order valence-electron chi connectivity index (χ1n) is 3.92. The summed E-state index contributed by atoms with van der Waals surface area (Å²) in [4.78, 5) is 11.3. The summed E-state index contributed by atoms with van der Waals surface area (Å²) < 4.78 is 10.9. The average molecular weight is 156 g/mol. The normalized spacial score (nSPS) is 41.1. The third-order valence-corrected chi connectivity index (χ3v) is 2.32. The summed E-state index contributed by atoms with van der Waals surface area (Å²) in [6.07, 6.45) is 0.246. The molecule has 0 amide bonds. The molecule has 3 heteroatoms. The Balaban J connectivity index is 2.25. The van der Waals surface area contributed by atoms with Gasteiger partial charge in [-0.3, -0.25) is 4.79 Å². The number of ether oxygens (including phenoxy) is 2. The van der Waals surface area contributed by atoms with Gasteiger partial charge in [-0.2, -0.15) is 0 Å². The minimum atomic E-state index is -0.413. The van der Waals surface area contributed by atoms with E-state index in [1.807, 2.05) is 13.8 Å². The van der Waals surface area contributed by atoms with Crippen LogP contribution in [0.3, 0.4) is 0 Å². The van der Waals surface area contributed by atoms with Gasteiger partial charge < -0.3 is 9.47 Å². The van der Waals surface area contributed by atoms with Crippen molar-refractivity contribution < 1.29 is 14.3 Å². The highest BCUT2D eigenvalue weighted by Crippen LogP contribution is 2.33. The van der Waals surface area contributed by atoms with E-state index in [1.165, 1.54) is 0 Å². The number of hydrogen-bond acceptors (Lipinski definition) is 3. The highest BCUT2D eigenvalue weighted by Gasteiger charge is 2.48. The summed E-state index contributed by atoms with van der Waals surface area (Å²) in [6.45, 7) is 4.36. The van der Waals surface area contributed by atoms with Gasteiger partial charge in [-0.15, -0.1) is 0 Å². The van der Waals surface area contributed by atoms with Crippen LogP contribution in [0.15, 0.2) is 0 Å². The predicted molar refractivity (Wildman–Crippen MR) is 38.3 cm³/mol. The first-order valence-corrected chi connectivity index (χ1v) is 3.92. The molecule has 0 aromatic rings. The first kappa shape index (κ1) is 7.25. The topological polar surface area (TPSA) is 35.5 Å². The third-order valence-electron chi connectivity index (χ3n) is 2.32. The fraction of sp³-hybridized carbons (Fsp3) is 0.875. The van der Waals surface area contributed by atoms with Gasteiger partial charge in [0.15, 0.2) is 5.78 Å². The van der Waals surface area contributed by atoms with Crippen molar-refractivity contribution in [2.24, 2.45) is 0 Å². The van der Waals surface area contributed by atoms with E-state index in [0.29, 0.717) is 13.0 Å². The van der Waals surface area contributed by atoms with Crippen molar-refractivity contribution in [2.45, 2.75) is 38.1 Å². The maximum atomic E-state index is 11.3. The highest BCUT2D eigenvalue weighted by molar-refractivity contribution is 5.86. The Labute approximate surface area is 65.7 Å². The fourth-order valence-electron chi connectivity index (χ4n) is 1.68. The SMILES string of the molecule is CC1(C)OCC2CC(=O)C1O2. The summed E-state index contributed by atoms with van der Waals surface area (Å²) in [6, 6.07) is 0. The van der Waals surface area contributed by atoms with Crippen LogP contribution in [0.5, 0.6) is 0 Å². The van der Waals surface area contributed by atoms with Gasteiger partial charge in [0, 0.05) is 6.42 Å². The number of fused-ring (bicyclic) bond motifs is 2. The molecule has 0 N–H and O–H groups in total. The van der Waals surface area contributed by atoms with Gasteiger partial charge >= 0.3 is 0 Å². The van der Waals surface area contributed by atoms with Crippen LogP contribution >= 0.6 is 0 Å². The monoisotopic (exact) mass is 156 g/mol. The van der Waals surface area contributed by atoms with Crippen molar-refractivity contribution in [3.63, 3.8) is 0 Å². The summed E-state index contributed by atoms with van der Waals surface area (Å²) in [5.41, 5.74) is -0.413. The molecule has 0 spiro atoms. The second-order valence-electron chi connectivity index (χ2n) is 3.72. The number of rotatable bonds is 0.